The van der Waals surface area contributed by atoms with E-state index in [1.54, 1.807) is 19.2 Å². The van der Waals surface area contributed by atoms with Crippen molar-refractivity contribution >= 4 is 15.7 Å². The highest BCUT2D eigenvalue weighted by atomic mass is 32.2. The third-order valence-corrected chi connectivity index (χ3v) is 6.97. The number of fused-ring (bicyclic) bond motifs is 1. The molecule has 2 aromatic carbocycles. The predicted molar refractivity (Wildman–Crippen MR) is 109 cm³/mol. The fourth-order valence-electron chi connectivity index (χ4n) is 3.67. The monoisotopic (exact) mass is 401 g/mol. The molecule has 0 fully saturated rings. The fraction of sp³-hybridized carbons (Fsp3) is 0.409. The van der Waals surface area contributed by atoms with E-state index in [1.165, 1.54) is 5.56 Å². The first kappa shape index (κ1) is 20.4. The van der Waals surface area contributed by atoms with Crippen molar-refractivity contribution in [1.29, 1.82) is 0 Å². The van der Waals surface area contributed by atoms with Gasteiger partial charge in [-0.2, -0.15) is 0 Å². The molecule has 1 aliphatic rings. The molecule has 0 aromatic heterocycles. The molecule has 0 radical (unpaired) electrons. The summed E-state index contributed by atoms with van der Waals surface area (Å²) in [5.74, 6) is 0.208. The highest BCUT2D eigenvalue weighted by molar-refractivity contribution is 7.91. The van der Waals surface area contributed by atoms with Gasteiger partial charge in [0.1, 0.15) is 5.75 Å². The molecule has 1 atom stereocenters. The molecule has 2 aromatic rings. The van der Waals surface area contributed by atoms with Crippen LogP contribution in [-0.4, -0.2) is 27.2 Å². The van der Waals surface area contributed by atoms with Gasteiger partial charge in [0.15, 0.2) is 9.84 Å². The summed E-state index contributed by atoms with van der Waals surface area (Å²) in [6.45, 7) is 3.84. The van der Waals surface area contributed by atoms with Crippen molar-refractivity contribution < 1.29 is 17.9 Å². The van der Waals surface area contributed by atoms with Crippen LogP contribution in [0.15, 0.2) is 41.3 Å². The maximum Gasteiger partial charge on any atom is 0.221 e. The molecule has 150 valence electrons. The van der Waals surface area contributed by atoms with Crippen LogP contribution in [0.2, 0.25) is 0 Å². The van der Waals surface area contributed by atoms with Crippen molar-refractivity contribution in [3.63, 3.8) is 0 Å². The number of ether oxygens (including phenoxy) is 1. The van der Waals surface area contributed by atoms with Crippen molar-refractivity contribution in [2.75, 3.05) is 12.9 Å². The summed E-state index contributed by atoms with van der Waals surface area (Å²) in [4.78, 5) is 12.7. The Labute approximate surface area is 167 Å². The molecule has 0 saturated heterocycles. The van der Waals surface area contributed by atoms with Crippen LogP contribution in [0.5, 0.6) is 5.75 Å². The second-order valence-corrected chi connectivity index (χ2v) is 9.50. The topological polar surface area (TPSA) is 72.5 Å². The zero-order valence-electron chi connectivity index (χ0n) is 16.6. The number of rotatable bonds is 7. The predicted octanol–water partition coefficient (Wildman–Crippen LogP) is 3.53. The first-order valence-corrected chi connectivity index (χ1v) is 11.2. The molecule has 0 aliphatic heterocycles. The minimum atomic E-state index is -3.48. The molecular formula is C22H27NO4S. The number of benzene rings is 2. The van der Waals surface area contributed by atoms with Gasteiger partial charge in [0.05, 0.1) is 23.8 Å². The minimum Gasteiger partial charge on any atom is -0.496 e. The summed E-state index contributed by atoms with van der Waals surface area (Å²) in [6, 6.07) is 10.8. The lowest BCUT2D eigenvalue weighted by Crippen LogP contribution is -2.28. The lowest BCUT2D eigenvalue weighted by Gasteiger charge is -2.18. The largest absolute Gasteiger partial charge is 0.496 e. The van der Waals surface area contributed by atoms with E-state index < -0.39 is 9.84 Å². The number of carbonyl (C=O) groups is 1. The summed E-state index contributed by atoms with van der Waals surface area (Å²) in [7, 11) is -1.89. The molecule has 1 N–H and O–H groups in total. The number of carbonyl (C=O) groups excluding carboxylic acids is 1. The van der Waals surface area contributed by atoms with Crippen LogP contribution < -0.4 is 10.1 Å². The molecule has 0 spiro atoms. The van der Waals surface area contributed by atoms with Crippen molar-refractivity contribution in [3.8, 4) is 5.75 Å². The van der Waals surface area contributed by atoms with Gasteiger partial charge in [-0.1, -0.05) is 23.8 Å². The highest BCUT2D eigenvalue weighted by Crippen LogP contribution is 2.27. The fourth-order valence-corrected chi connectivity index (χ4v) is 4.96. The molecular weight excluding hydrogens is 374 g/mol. The normalized spacial score (nSPS) is 14.4. The standard InChI is InChI=1S/C22H27NO4S/c1-15-7-10-21(27-3)20(13-15)16(2)23-22(24)11-12-28(25,26)19-9-8-17-5-4-6-18(17)14-19/h7-10,13-14,16H,4-6,11-12H2,1-3H3,(H,23,24). The van der Waals surface area contributed by atoms with Gasteiger partial charge >= 0.3 is 0 Å². The summed E-state index contributed by atoms with van der Waals surface area (Å²) < 4.78 is 30.6. The Morgan fingerprint density at radius 2 is 1.89 bits per heavy atom. The number of aryl methyl sites for hydroxylation is 3. The second kappa shape index (κ2) is 8.35. The van der Waals surface area contributed by atoms with Gasteiger partial charge in [0.2, 0.25) is 5.91 Å². The highest BCUT2D eigenvalue weighted by Gasteiger charge is 2.21. The Morgan fingerprint density at radius 1 is 1.14 bits per heavy atom. The van der Waals surface area contributed by atoms with E-state index in [2.05, 4.69) is 5.32 Å². The van der Waals surface area contributed by atoms with Crippen LogP contribution >= 0.6 is 0 Å². The quantitative estimate of drug-likeness (QED) is 0.770. The zero-order chi connectivity index (χ0) is 20.3. The van der Waals surface area contributed by atoms with Gasteiger partial charge in [0.25, 0.3) is 0 Å². The van der Waals surface area contributed by atoms with Crippen molar-refractivity contribution in [2.45, 2.75) is 50.5 Å². The SMILES string of the molecule is COc1ccc(C)cc1C(C)NC(=O)CCS(=O)(=O)c1ccc2c(c1)CCC2. The first-order valence-electron chi connectivity index (χ1n) is 9.58. The van der Waals surface area contributed by atoms with Gasteiger partial charge in [-0.15, -0.1) is 0 Å². The Hall–Kier alpha value is -2.34. The van der Waals surface area contributed by atoms with Crippen LogP contribution in [-0.2, 0) is 27.5 Å². The van der Waals surface area contributed by atoms with Crippen molar-refractivity contribution in [3.05, 3.63) is 58.7 Å². The van der Waals surface area contributed by atoms with Gasteiger partial charge in [-0.3, -0.25) is 4.79 Å². The number of hydrogen-bond acceptors (Lipinski definition) is 4. The Kier molecular flexibility index (Phi) is 6.08. The molecule has 1 amide bonds. The molecule has 28 heavy (non-hydrogen) atoms. The number of hydrogen-bond donors (Lipinski definition) is 1. The van der Waals surface area contributed by atoms with Gasteiger partial charge in [0, 0.05) is 12.0 Å². The average Bonchev–Trinajstić information content (AvgIpc) is 3.14. The van der Waals surface area contributed by atoms with E-state index in [0.717, 1.165) is 36.0 Å². The van der Waals surface area contributed by atoms with Crippen LogP contribution in [0.3, 0.4) is 0 Å². The first-order chi connectivity index (χ1) is 13.3. The molecule has 6 heteroatoms. The minimum absolute atomic E-state index is 0.0715. The molecule has 1 aliphatic carbocycles. The second-order valence-electron chi connectivity index (χ2n) is 7.39. The summed E-state index contributed by atoms with van der Waals surface area (Å²) in [6.07, 6.45) is 2.94. The third kappa shape index (κ3) is 4.55. The Morgan fingerprint density at radius 3 is 2.64 bits per heavy atom. The number of methoxy groups -OCH3 is 1. The third-order valence-electron chi connectivity index (χ3n) is 5.26. The summed E-state index contributed by atoms with van der Waals surface area (Å²) >= 11 is 0. The molecule has 3 rings (SSSR count). The lowest BCUT2D eigenvalue weighted by atomic mass is 10.0. The smallest absolute Gasteiger partial charge is 0.221 e. The van der Waals surface area contributed by atoms with Crippen LogP contribution in [0.1, 0.15) is 48.1 Å². The number of sulfone groups is 1. The number of nitrogens with one attached hydrogen (secondary N) is 1. The summed E-state index contributed by atoms with van der Waals surface area (Å²) in [5.41, 5.74) is 4.29. The van der Waals surface area contributed by atoms with E-state index in [9.17, 15) is 13.2 Å². The van der Waals surface area contributed by atoms with E-state index in [-0.39, 0.29) is 24.1 Å². The van der Waals surface area contributed by atoms with Crippen LogP contribution in [0.4, 0.5) is 0 Å². The lowest BCUT2D eigenvalue weighted by molar-refractivity contribution is -0.121. The number of amides is 1. The molecule has 0 heterocycles. The molecule has 1 unspecified atom stereocenters. The van der Waals surface area contributed by atoms with Gasteiger partial charge in [-0.05, 0) is 62.4 Å². The van der Waals surface area contributed by atoms with E-state index in [4.69, 9.17) is 4.74 Å². The average molecular weight is 402 g/mol. The zero-order valence-corrected chi connectivity index (χ0v) is 17.4. The maximum atomic E-state index is 12.6. The molecule has 5 nitrogen and oxygen atoms in total. The van der Waals surface area contributed by atoms with Crippen molar-refractivity contribution in [1.82, 2.24) is 5.32 Å². The van der Waals surface area contributed by atoms with Gasteiger partial charge < -0.3 is 10.1 Å². The molecule has 0 saturated carbocycles. The van der Waals surface area contributed by atoms with E-state index in [1.807, 2.05) is 38.1 Å². The van der Waals surface area contributed by atoms with Crippen LogP contribution in [0, 0.1) is 6.92 Å². The van der Waals surface area contributed by atoms with E-state index >= 15 is 0 Å². The Balaban J connectivity index is 1.63. The van der Waals surface area contributed by atoms with Crippen molar-refractivity contribution in [2.24, 2.45) is 0 Å². The summed E-state index contributed by atoms with van der Waals surface area (Å²) in [5, 5.41) is 2.88. The van der Waals surface area contributed by atoms with Gasteiger partial charge in [-0.25, -0.2) is 8.42 Å². The maximum absolute atomic E-state index is 12.6. The van der Waals surface area contributed by atoms with Crippen LogP contribution in [0.25, 0.3) is 0 Å². The van der Waals surface area contributed by atoms with E-state index in [0.29, 0.717) is 10.6 Å². The molecule has 0 bridgehead atoms. The Bertz CT molecular complexity index is 982.